The topological polar surface area (TPSA) is 72.2 Å². The lowest BCUT2D eigenvalue weighted by Crippen LogP contribution is -2.14. The van der Waals surface area contributed by atoms with Gasteiger partial charge in [-0.25, -0.2) is 0 Å². The highest BCUT2D eigenvalue weighted by atomic mass is 32.1. The zero-order chi connectivity index (χ0) is 10.7. The van der Waals surface area contributed by atoms with E-state index in [2.05, 4.69) is 5.32 Å². The second-order valence-corrected chi connectivity index (χ2v) is 3.99. The summed E-state index contributed by atoms with van der Waals surface area (Å²) in [4.78, 5) is 22.9. The van der Waals surface area contributed by atoms with Crippen LogP contribution in [0.2, 0.25) is 0 Å². The molecule has 76 valence electrons. The van der Waals surface area contributed by atoms with Crippen molar-refractivity contribution < 1.29 is 9.59 Å². The molecule has 0 aliphatic heterocycles. The fourth-order valence-electron chi connectivity index (χ4n) is 1.05. The van der Waals surface area contributed by atoms with Crippen LogP contribution in [-0.2, 0) is 11.2 Å². The summed E-state index contributed by atoms with van der Waals surface area (Å²) < 4.78 is 0. The Hall–Kier alpha value is -1.36. The number of carbonyl (C=O) groups is 2. The second-order valence-electron chi connectivity index (χ2n) is 2.85. The molecule has 0 bridgehead atoms. The number of nitrogens with one attached hydrogen (secondary N) is 1. The first-order valence-electron chi connectivity index (χ1n) is 4.24. The summed E-state index contributed by atoms with van der Waals surface area (Å²) in [6.07, 6.45) is 0.824. The van der Waals surface area contributed by atoms with Crippen LogP contribution >= 0.6 is 11.3 Å². The molecule has 0 radical (unpaired) electrons. The van der Waals surface area contributed by atoms with Gasteiger partial charge in [-0.2, -0.15) is 0 Å². The number of hydrogen-bond donors (Lipinski definition) is 2. The zero-order valence-electron chi connectivity index (χ0n) is 8.09. The highest BCUT2D eigenvalue weighted by Crippen LogP contribution is 2.28. The lowest BCUT2D eigenvalue weighted by molar-refractivity contribution is -0.114. The molecule has 0 saturated heterocycles. The fraction of sp³-hybridized carbons (Fsp3) is 0.333. The van der Waals surface area contributed by atoms with E-state index in [1.54, 1.807) is 6.07 Å². The van der Waals surface area contributed by atoms with Gasteiger partial charge in [0.25, 0.3) is 5.91 Å². The summed E-state index contributed by atoms with van der Waals surface area (Å²) in [6, 6.07) is 1.72. The van der Waals surface area contributed by atoms with Gasteiger partial charge < -0.3 is 11.1 Å². The molecule has 0 fully saturated rings. The average molecular weight is 212 g/mol. The van der Waals surface area contributed by atoms with Crippen LogP contribution in [-0.4, -0.2) is 11.8 Å². The Kier molecular flexibility index (Phi) is 3.24. The first kappa shape index (κ1) is 10.7. The number of hydrogen-bond acceptors (Lipinski definition) is 3. The van der Waals surface area contributed by atoms with Gasteiger partial charge in [0.2, 0.25) is 5.91 Å². The molecule has 0 aliphatic carbocycles. The van der Waals surface area contributed by atoms with Crippen LogP contribution in [0, 0.1) is 0 Å². The van der Waals surface area contributed by atoms with E-state index in [9.17, 15) is 9.59 Å². The van der Waals surface area contributed by atoms with Crippen molar-refractivity contribution in [2.24, 2.45) is 5.73 Å². The Labute approximate surface area is 86.1 Å². The number of rotatable bonds is 3. The van der Waals surface area contributed by atoms with E-state index in [1.165, 1.54) is 18.3 Å². The molecular weight excluding hydrogens is 200 g/mol. The fourth-order valence-corrected chi connectivity index (χ4v) is 2.10. The van der Waals surface area contributed by atoms with E-state index in [-0.39, 0.29) is 5.91 Å². The van der Waals surface area contributed by atoms with E-state index in [0.717, 1.165) is 11.3 Å². The Morgan fingerprint density at radius 1 is 1.57 bits per heavy atom. The highest BCUT2D eigenvalue weighted by molar-refractivity contribution is 7.16. The van der Waals surface area contributed by atoms with Crippen LogP contribution in [0.1, 0.15) is 29.1 Å². The third-order valence-electron chi connectivity index (χ3n) is 1.69. The normalized spacial score (nSPS) is 9.86. The third kappa shape index (κ3) is 2.32. The lowest BCUT2D eigenvalue weighted by atomic mass is 10.2. The number of aryl methyl sites for hydroxylation is 1. The Morgan fingerprint density at radius 3 is 2.64 bits per heavy atom. The van der Waals surface area contributed by atoms with Crippen molar-refractivity contribution in [3.8, 4) is 0 Å². The van der Waals surface area contributed by atoms with Gasteiger partial charge in [0, 0.05) is 11.8 Å². The largest absolute Gasteiger partial charge is 0.366 e. The molecule has 0 spiro atoms. The van der Waals surface area contributed by atoms with E-state index < -0.39 is 5.91 Å². The lowest BCUT2D eigenvalue weighted by Gasteiger charge is -1.99. The number of thiophene rings is 1. The molecule has 1 rings (SSSR count). The SMILES string of the molecule is CCc1cc(C(N)=O)c(NC(C)=O)s1. The molecule has 3 N–H and O–H groups in total. The maximum Gasteiger partial charge on any atom is 0.251 e. The molecule has 1 heterocycles. The molecule has 2 amide bonds. The highest BCUT2D eigenvalue weighted by Gasteiger charge is 2.13. The molecule has 0 unspecified atom stereocenters. The third-order valence-corrected chi connectivity index (χ3v) is 2.88. The maximum atomic E-state index is 11.0. The number of primary amides is 1. The molecule has 0 aromatic carbocycles. The smallest absolute Gasteiger partial charge is 0.251 e. The average Bonchev–Trinajstić information content (AvgIpc) is 2.46. The van der Waals surface area contributed by atoms with Gasteiger partial charge in [-0.05, 0) is 12.5 Å². The van der Waals surface area contributed by atoms with Gasteiger partial charge in [0.05, 0.1) is 5.56 Å². The van der Waals surface area contributed by atoms with Gasteiger partial charge >= 0.3 is 0 Å². The van der Waals surface area contributed by atoms with Crippen LogP contribution < -0.4 is 11.1 Å². The van der Waals surface area contributed by atoms with Gasteiger partial charge in [0.1, 0.15) is 5.00 Å². The van der Waals surface area contributed by atoms with E-state index in [1.807, 2.05) is 6.92 Å². The molecule has 4 nitrogen and oxygen atoms in total. The number of amides is 2. The predicted octanol–water partition coefficient (Wildman–Crippen LogP) is 1.37. The minimum Gasteiger partial charge on any atom is -0.366 e. The van der Waals surface area contributed by atoms with Crippen molar-refractivity contribution in [1.29, 1.82) is 0 Å². The summed E-state index contributed by atoms with van der Waals surface area (Å²) in [7, 11) is 0. The van der Waals surface area contributed by atoms with Crippen molar-refractivity contribution in [3.05, 3.63) is 16.5 Å². The zero-order valence-corrected chi connectivity index (χ0v) is 8.90. The van der Waals surface area contributed by atoms with Gasteiger partial charge in [-0.1, -0.05) is 6.92 Å². The summed E-state index contributed by atoms with van der Waals surface area (Å²) >= 11 is 1.38. The minimum absolute atomic E-state index is 0.197. The second kappa shape index (κ2) is 4.23. The summed E-state index contributed by atoms with van der Waals surface area (Å²) in [5, 5.41) is 3.13. The first-order chi connectivity index (χ1) is 6.54. The van der Waals surface area contributed by atoms with Crippen molar-refractivity contribution >= 4 is 28.2 Å². The molecule has 0 aliphatic rings. The molecule has 1 aromatic rings. The molecule has 0 atom stereocenters. The van der Waals surface area contributed by atoms with Crippen molar-refractivity contribution in [2.75, 3.05) is 5.32 Å². The molecule has 5 heteroatoms. The van der Waals surface area contributed by atoms with Crippen molar-refractivity contribution in [1.82, 2.24) is 0 Å². The van der Waals surface area contributed by atoms with Crippen LogP contribution in [0.5, 0.6) is 0 Å². The van der Waals surface area contributed by atoms with Crippen LogP contribution in [0.4, 0.5) is 5.00 Å². The molecule has 14 heavy (non-hydrogen) atoms. The monoisotopic (exact) mass is 212 g/mol. The summed E-state index contributed by atoms with van der Waals surface area (Å²) in [5.41, 5.74) is 5.57. The molecular formula is C9H12N2O2S. The molecule has 1 aromatic heterocycles. The van der Waals surface area contributed by atoms with Gasteiger partial charge in [-0.3, -0.25) is 9.59 Å². The van der Waals surface area contributed by atoms with Crippen molar-refractivity contribution in [3.63, 3.8) is 0 Å². The number of nitrogens with two attached hydrogens (primary N) is 1. The van der Waals surface area contributed by atoms with E-state index >= 15 is 0 Å². The number of anilines is 1. The first-order valence-corrected chi connectivity index (χ1v) is 5.06. The van der Waals surface area contributed by atoms with Crippen LogP contribution in [0.15, 0.2) is 6.07 Å². The van der Waals surface area contributed by atoms with E-state index in [4.69, 9.17) is 5.73 Å². The van der Waals surface area contributed by atoms with Crippen LogP contribution in [0.25, 0.3) is 0 Å². The van der Waals surface area contributed by atoms with E-state index in [0.29, 0.717) is 10.6 Å². The Bertz CT molecular complexity index is 371. The van der Waals surface area contributed by atoms with Gasteiger partial charge in [-0.15, -0.1) is 11.3 Å². The maximum absolute atomic E-state index is 11.0. The Morgan fingerprint density at radius 2 is 2.21 bits per heavy atom. The standard InChI is InChI=1S/C9H12N2O2S/c1-3-6-4-7(8(10)13)9(14-6)11-5(2)12/h4H,3H2,1-2H3,(H2,10,13)(H,11,12). The Balaban J connectivity index is 3.05. The van der Waals surface area contributed by atoms with Crippen molar-refractivity contribution in [2.45, 2.75) is 20.3 Å². The molecule has 0 saturated carbocycles. The summed E-state index contributed by atoms with van der Waals surface area (Å²) in [5.74, 6) is -0.707. The number of carbonyl (C=O) groups excluding carboxylic acids is 2. The van der Waals surface area contributed by atoms with Crippen LogP contribution in [0.3, 0.4) is 0 Å². The van der Waals surface area contributed by atoms with Gasteiger partial charge in [0.15, 0.2) is 0 Å². The minimum atomic E-state index is -0.510. The predicted molar refractivity (Wildman–Crippen MR) is 56.5 cm³/mol. The quantitative estimate of drug-likeness (QED) is 0.794. The summed E-state index contributed by atoms with van der Waals surface area (Å²) in [6.45, 7) is 3.38.